The second-order valence-corrected chi connectivity index (χ2v) is 5.12. The number of anilines is 1. The maximum atomic E-state index is 12.2. The molecule has 1 aromatic carbocycles. The van der Waals surface area contributed by atoms with Gasteiger partial charge in [-0.3, -0.25) is 4.79 Å². The molecule has 0 fully saturated rings. The summed E-state index contributed by atoms with van der Waals surface area (Å²) in [6.07, 6.45) is 0. The van der Waals surface area contributed by atoms with Gasteiger partial charge in [-0.15, -0.1) is 0 Å². The third-order valence-electron chi connectivity index (χ3n) is 2.76. The van der Waals surface area contributed by atoms with E-state index in [-0.39, 0.29) is 11.3 Å². The first-order valence-corrected chi connectivity index (χ1v) is 5.67. The average molecular weight is 235 g/mol. The Morgan fingerprint density at radius 2 is 1.94 bits per heavy atom. The summed E-state index contributed by atoms with van der Waals surface area (Å²) in [4.78, 5) is 13.8. The van der Waals surface area contributed by atoms with Gasteiger partial charge in [0.05, 0.1) is 5.56 Å². The molecule has 1 aromatic rings. The molecule has 94 valence electrons. The minimum absolute atomic E-state index is 0.0652. The number of carbonyl (C=O) groups excluding carboxylic acids is 1. The molecule has 0 heterocycles. The summed E-state index contributed by atoms with van der Waals surface area (Å²) in [7, 11) is 1.77. The fourth-order valence-corrected chi connectivity index (χ4v) is 1.68. The molecular formula is C13H21N3O. The Kier molecular flexibility index (Phi) is 4.12. The van der Waals surface area contributed by atoms with Crippen LogP contribution in [0, 0.1) is 5.41 Å². The second-order valence-electron chi connectivity index (χ2n) is 5.12. The van der Waals surface area contributed by atoms with E-state index in [9.17, 15) is 4.79 Å². The van der Waals surface area contributed by atoms with Gasteiger partial charge in [0.25, 0.3) is 5.91 Å². The summed E-state index contributed by atoms with van der Waals surface area (Å²) in [5.74, 6) is -0.0652. The highest BCUT2D eigenvalue weighted by molar-refractivity contribution is 5.98. The van der Waals surface area contributed by atoms with Crippen LogP contribution < -0.4 is 11.5 Å². The molecule has 4 nitrogen and oxygen atoms in total. The second kappa shape index (κ2) is 5.19. The number of benzene rings is 1. The summed E-state index contributed by atoms with van der Waals surface area (Å²) in [6.45, 7) is 5.21. The zero-order valence-corrected chi connectivity index (χ0v) is 10.7. The van der Waals surface area contributed by atoms with Crippen molar-refractivity contribution in [2.24, 2.45) is 11.1 Å². The molecule has 0 bridgehead atoms. The Balaban J connectivity index is 2.81. The normalized spacial score (nSPS) is 11.3. The minimum atomic E-state index is -0.0893. The van der Waals surface area contributed by atoms with Gasteiger partial charge in [0.15, 0.2) is 0 Å². The van der Waals surface area contributed by atoms with Crippen molar-refractivity contribution in [1.82, 2.24) is 4.90 Å². The summed E-state index contributed by atoms with van der Waals surface area (Å²) in [6, 6.07) is 7.10. The molecule has 0 radical (unpaired) electrons. The fraction of sp³-hybridized carbons (Fsp3) is 0.462. The topological polar surface area (TPSA) is 72.3 Å². The van der Waals surface area contributed by atoms with Crippen LogP contribution in [-0.2, 0) is 0 Å². The smallest absolute Gasteiger partial charge is 0.255 e. The maximum absolute atomic E-state index is 12.2. The number of nitrogens with two attached hydrogens (primary N) is 2. The summed E-state index contributed by atoms with van der Waals surface area (Å²) >= 11 is 0. The SMILES string of the molecule is CN(CC(C)(C)CN)C(=O)c1ccccc1N. The van der Waals surface area contributed by atoms with E-state index in [0.717, 1.165) is 0 Å². The summed E-state index contributed by atoms with van der Waals surface area (Å²) in [5, 5.41) is 0. The van der Waals surface area contributed by atoms with Crippen molar-refractivity contribution < 1.29 is 4.79 Å². The lowest BCUT2D eigenvalue weighted by atomic mass is 9.93. The molecule has 0 aliphatic carbocycles. The molecule has 0 atom stereocenters. The van der Waals surface area contributed by atoms with Crippen LogP contribution in [0.2, 0.25) is 0 Å². The van der Waals surface area contributed by atoms with Gasteiger partial charge in [0.1, 0.15) is 0 Å². The number of amides is 1. The van der Waals surface area contributed by atoms with Gasteiger partial charge in [-0.05, 0) is 24.1 Å². The molecule has 0 saturated heterocycles. The van der Waals surface area contributed by atoms with Crippen molar-refractivity contribution in [1.29, 1.82) is 0 Å². The van der Waals surface area contributed by atoms with E-state index >= 15 is 0 Å². The third-order valence-corrected chi connectivity index (χ3v) is 2.76. The van der Waals surface area contributed by atoms with Crippen molar-refractivity contribution in [3.63, 3.8) is 0 Å². The van der Waals surface area contributed by atoms with Gasteiger partial charge in [-0.1, -0.05) is 26.0 Å². The Morgan fingerprint density at radius 1 is 1.35 bits per heavy atom. The first-order chi connectivity index (χ1) is 7.87. The Bertz CT molecular complexity index is 401. The van der Waals surface area contributed by atoms with Gasteiger partial charge >= 0.3 is 0 Å². The van der Waals surface area contributed by atoms with E-state index in [1.165, 1.54) is 0 Å². The van der Waals surface area contributed by atoms with Crippen molar-refractivity contribution in [3.05, 3.63) is 29.8 Å². The Morgan fingerprint density at radius 3 is 2.47 bits per heavy atom. The van der Waals surface area contributed by atoms with Gasteiger partial charge in [0.2, 0.25) is 0 Å². The number of rotatable bonds is 4. The third kappa shape index (κ3) is 3.46. The fourth-order valence-electron chi connectivity index (χ4n) is 1.68. The number of nitrogens with zero attached hydrogens (tertiary/aromatic N) is 1. The zero-order valence-electron chi connectivity index (χ0n) is 10.7. The average Bonchev–Trinajstić information content (AvgIpc) is 2.28. The molecule has 0 aliphatic rings. The molecule has 1 amide bonds. The van der Waals surface area contributed by atoms with E-state index in [0.29, 0.717) is 24.3 Å². The number of hydrogen-bond donors (Lipinski definition) is 2. The highest BCUT2D eigenvalue weighted by Crippen LogP contribution is 2.18. The quantitative estimate of drug-likeness (QED) is 0.773. The maximum Gasteiger partial charge on any atom is 0.255 e. The van der Waals surface area contributed by atoms with Crippen LogP contribution in [0.1, 0.15) is 24.2 Å². The molecule has 0 saturated carbocycles. The molecule has 0 aromatic heterocycles. The van der Waals surface area contributed by atoms with Gasteiger partial charge in [-0.2, -0.15) is 0 Å². The zero-order chi connectivity index (χ0) is 13.1. The van der Waals surface area contributed by atoms with Crippen molar-refractivity contribution in [2.75, 3.05) is 25.9 Å². The van der Waals surface area contributed by atoms with E-state index < -0.39 is 0 Å². The highest BCUT2D eigenvalue weighted by atomic mass is 16.2. The lowest BCUT2D eigenvalue weighted by Crippen LogP contribution is -2.39. The Hall–Kier alpha value is -1.55. The Labute approximate surface area is 103 Å². The van der Waals surface area contributed by atoms with Crippen molar-refractivity contribution >= 4 is 11.6 Å². The molecule has 17 heavy (non-hydrogen) atoms. The molecule has 4 N–H and O–H groups in total. The van der Waals surface area contributed by atoms with E-state index in [4.69, 9.17) is 11.5 Å². The monoisotopic (exact) mass is 235 g/mol. The highest BCUT2D eigenvalue weighted by Gasteiger charge is 2.22. The largest absolute Gasteiger partial charge is 0.398 e. The van der Waals surface area contributed by atoms with Crippen molar-refractivity contribution in [3.8, 4) is 0 Å². The lowest BCUT2D eigenvalue weighted by molar-refractivity contribution is 0.0741. The molecule has 0 spiro atoms. The van der Waals surface area contributed by atoms with Crippen LogP contribution in [0.5, 0.6) is 0 Å². The van der Waals surface area contributed by atoms with Crippen LogP contribution in [0.15, 0.2) is 24.3 Å². The van der Waals surface area contributed by atoms with Gasteiger partial charge in [0, 0.05) is 19.3 Å². The van der Waals surface area contributed by atoms with Crippen molar-refractivity contribution in [2.45, 2.75) is 13.8 Å². The lowest BCUT2D eigenvalue weighted by Gasteiger charge is -2.29. The van der Waals surface area contributed by atoms with Crippen LogP contribution in [0.3, 0.4) is 0 Å². The first-order valence-electron chi connectivity index (χ1n) is 5.67. The van der Waals surface area contributed by atoms with Crippen LogP contribution in [0.4, 0.5) is 5.69 Å². The number of carbonyl (C=O) groups is 1. The number of nitrogen functional groups attached to an aromatic ring is 1. The van der Waals surface area contributed by atoms with Crippen LogP contribution in [0.25, 0.3) is 0 Å². The molecule has 1 rings (SSSR count). The molecular weight excluding hydrogens is 214 g/mol. The number of para-hydroxylation sites is 1. The van der Waals surface area contributed by atoms with Gasteiger partial charge < -0.3 is 16.4 Å². The predicted octanol–water partition coefficient (Wildman–Crippen LogP) is 1.33. The predicted molar refractivity (Wildman–Crippen MR) is 70.7 cm³/mol. The van der Waals surface area contributed by atoms with Crippen LogP contribution in [-0.4, -0.2) is 30.9 Å². The molecule has 4 heteroatoms. The number of hydrogen-bond acceptors (Lipinski definition) is 3. The minimum Gasteiger partial charge on any atom is -0.398 e. The molecule has 0 unspecified atom stereocenters. The van der Waals surface area contributed by atoms with E-state index in [2.05, 4.69) is 0 Å². The molecule has 0 aliphatic heterocycles. The van der Waals surface area contributed by atoms with Crippen LogP contribution >= 0.6 is 0 Å². The van der Waals surface area contributed by atoms with E-state index in [1.807, 2.05) is 26.0 Å². The summed E-state index contributed by atoms with van der Waals surface area (Å²) in [5.41, 5.74) is 12.4. The van der Waals surface area contributed by atoms with Gasteiger partial charge in [-0.25, -0.2) is 0 Å². The van der Waals surface area contributed by atoms with E-state index in [1.54, 1.807) is 24.1 Å². The standard InChI is InChI=1S/C13H21N3O/c1-13(2,8-14)9-16(3)12(17)10-6-4-5-7-11(10)15/h4-7H,8-9,14-15H2,1-3H3. The first kappa shape index (κ1) is 13.5. The summed E-state index contributed by atoms with van der Waals surface area (Å²) < 4.78 is 0.